The van der Waals surface area contributed by atoms with E-state index in [1.54, 1.807) is 0 Å². The summed E-state index contributed by atoms with van der Waals surface area (Å²) < 4.78 is 5.36. The second kappa shape index (κ2) is 6.74. The minimum atomic E-state index is 0.722. The zero-order chi connectivity index (χ0) is 10.2. The Balaban J connectivity index is 2.38. The van der Waals surface area contributed by atoms with Crippen LogP contribution in [0.25, 0.3) is 0 Å². The van der Waals surface area contributed by atoms with Crippen molar-refractivity contribution in [2.45, 2.75) is 18.2 Å². The Labute approximate surface area is 89.8 Å². The van der Waals surface area contributed by atoms with Crippen LogP contribution in [-0.2, 0) is 0 Å². The van der Waals surface area contributed by atoms with Crippen LogP contribution in [0.5, 0.6) is 5.75 Å². The fourth-order valence-corrected chi connectivity index (χ4v) is 1.95. The van der Waals surface area contributed by atoms with Crippen molar-refractivity contribution >= 4 is 11.8 Å². The van der Waals surface area contributed by atoms with Crippen LogP contribution >= 0.6 is 11.8 Å². The Morgan fingerprint density at radius 1 is 1.29 bits per heavy atom. The van der Waals surface area contributed by atoms with E-state index in [9.17, 15) is 0 Å². The van der Waals surface area contributed by atoms with E-state index in [1.165, 1.54) is 4.90 Å². The Morgan fingerprint density at radius 3 is 2.57 bits per heavy atom. The Bertz CT molecular complexity index is 248. The summed E-state index contributed by atoms with van der Waals surface area (Å²) in [6.07, 6.45) is 1.07. The number of thioether (sulfide) groups is 1. The monoisotopic (exact) mass is 211 g/mol. The van der Waals surface area contributed by atoms with Crippen molar-refractivity contribution in [3.8, 4) is 5.75 Å². The van der Waals surface area contributed by atoms with Gasteiger partial charge in [-0.15, -0.1) is 11.8 Å². The molecule has 0 bridgehead atoms. The summed E-state index contributed by atoms with van der Waals surface area (Å²) in [5.74, 6) is 2.03. The predicted molar refractivity (Wildman–Crippen MR) is 62.0 cm³/mol. The SMILES string of the molecule is CCOc1ccc(SCCCN)cc1. The quantitative estimate of drug-likeness (QED) is 0.580. The van der Waals surface area contributed by atoms with Crippen molar-refractivity contribution in [2.75, 3.05) is 18.9 Å². The molecule has 0 aliphatic heterocycles. The van der Waals surface area contributed by atoms with Gasteiger partial charge in [-0.05, 0) is 49.9 Å². The summed E-state index contributed by atoms with van der Waals surface area (Å²) in [4.78, 5) is 1.28. The highest BCUT2D eigenvalue weighted by Gasteiger charge is 1.95. The number of hydrogen-bond donors (Lipinski definition) is 1. The molecule has 0 unspecified atom stereocenters. The zero-order valence-corrected chi connectivity index (χ0v) is 9.35. The first-order valence-electron chi connectivity index (χ1n) is 4.92. The molecule has 1 rings (SSSR count). The van der Waals surface area contributed by atoms with Gasteiger partial charge >= 0.3 is 0 Å². The molecule has 78 valence electrons. The van der Waals surface area contributed by atoms with E-state index in [0.717, 1.165) is 31.1 Å². The van der Waals surface area contributed by atoms with Gasteiger partial charge in [0.15, 0.2) is 0 Å². The molecule has 0 amide bonds. The molecule has 2 N–H and O–H groups in total. The first-order valence-corrected chi connectivity index (χ1v) is 5.91. The number of rotatable bonds is 6. The molecule has 1 aromatic carbocycles. The smallest absolute Gasteiger partial charge is 0.119 e. The lowest BCUT2D eigenvalue weighted by Gasteiger charge is -2.04. The van der Waals surface area contributed by atoms with Crippen molar-refractivity contribution in [3.63, 3.8) is 0 Å². The molecule has 0 saturated heterocycles. The summed E-state index contributed by atoms with van der Waals surface area (Å²) in [5, 5.41) is 0. The molecule has 0 saturated carbocycles. The standard InChI is InChI=1S/C11H17NOS/c1-2-13-10-4-6-11(7-5-10)14-9-3-8-12/h4-7H,2-3,8-9,12H2,1H3. The van der Waals surface area contributed by atoms with E-state index in [-0.39, 0.29) is 0 Å². The topological polar surface area (TPSA) is 35.2 Å². The Hall–Kier alpha value is -0.670. The molecule has 1 aromatic rings. The van der Waals surface area contributed by atoms with Gasteiger partial charge in [-0.1, -0.05) is 0 Å². The van der Waals surface area contributed by atoms with Gasteiger partial charge in [0.1, 0.15) is 5.75 Å². The lowest BCUT2D eigenvalue weighted by atomic mass is 10.3. The van der Waals surface area contributed by atoms with Gasteiger partial charge in [-0.3, -0.25) is 0 Å². The fraction of sp³-hybridized carbons (Fsp3) is 0.455. The number of hydrogen-bond acceptors (Lipinski definition) is 3. The Morgan fingerprint density at radius 2 is 2.00 bits per heavy atom. The highest BCUT2D eigenvalue weighted by atomic mass is 32.2. The molecule has 0 heterocycles. The molecule has 2 nitrogen and oxygen atoms in total. The van der Waals surface area contributed by atoms with Crippen LogP contribution in [0.2, 0.25) is 0 Å². The molecule has 0 spiro atoms. The average molecular weight is 211 g/mol. The van der Waals surface area contributed by atoms with Crippen molar-refractivity contribution in [2.24, 2.45) is 5.73 Å². The van der Waals surface area contributed by atoms with Crippen LogP contribution in [0.4, 0.5) is 0 Å². The maximum Gasteiger partial charge on any atom is 0.119 e. The van der Waals surface area contributed by atoms with Crippen LogP contribution < -0.4 is 10.5 Å². The van der Waals surface area contributed by atoms with Crippen molar-refractivity contribution < 1.29 is 4.74 Å². The Kier molecular flexibility index (Phi) is 5.49. The largest absolute Gasteiger partial charge is 0.494 e. The molecule has 0 aliphatic rings. The molecule has 3 heteroatoms. The molecular weight excluding hydrogens is 194 g/mol. The van der Waals surface area contributed by atoms with Gasteiger partial charge in [0.2, 0.25) is 0 Å². The fourth-order valence-electron chi connectivity index (χ4n) is 1.07. The van der Waals surface area contributed by atoms with Crippen LogP contribution in [0.1, 0.15) is 13.3 Å². The van der Waals surface area contributed by atoms with Crippen LogP contribution in [0.15, 0.2) is 29.2 Å². The molecule has 0 fully saturated rings. The minimum Gasteiger partial charge on any atom is -0.494 e. The van der Waals surface area contributed by atoms with E-state index in [0.29, 0.717) is 0 Å². The van der Waals surface area contributed by atoms with E-state index in [1.807, 2.05) is 30.8 Å². The highest BCUT2D eigenvalue weighted by molar-refractivity contribution is 7.99. The first-order chi connectivity index (χ1) is 6.86. The third-order valence-electron chi connectivity index (χ3n) is 1.75. The minimum absolute atomic E-state index is 0.722. The van der Waals surface area contributed by atoms with E-state index in [2.05, 4.69) is 12.1 Å². The summed E-state index contributed by atoms with van der Waals surface area (Å²) >= 11 is 1.84. The van der Waals surface area contributed by atoms with E-state index in [4.69, 9.17) is 10.5 Å². The summed E-state index contributed by atoms with van der Waals surface area (Å²) in [6.45, 7) is 3.48. The predicted octanol–water partition coefficient (Wildman–Crippen LogP) is 2.53. The first kappa shape index (κ1) is 11.4. The zero-order valence-electron chi connectivity index (χ0n) is 8.53. The van der Waals surface area contributed by atoms with E-state index >= 15 is 0 Å². The number of nitrogens with two attached hydrogens (primary N) is 1. The second-order valence-electron chi connectivity index (χ2n) is 2.90. The van der Waals surface area contributed by atoms with Gasteiger partial charge in [0.05, 0.1) is 6.61 Å². The lowest BCUT2D eigenvalue weighted by Crippen LogP contribution is -1.99. The molecular formula is C11H17NOS. The van der Waals surface area contributed by atoms with Gasteiger partial charge in [0, 0.05) is 4.90 Å². The molecule has 0 aliphatic carbocycles. The number of ether oxygens (including phenoxy) is 1. The van der Waals surface area contributed by atoms with Gasteiger partial charge in [0.25, 0.3) is 0 Å². The van der Waals surface area contributed by atoms with E-state index < -0.39 is 0 Å². The van der Waals surface area contributed by atoms with Crippen LogP contribution in [0.3, 0.4) is 0 Å². The average Bonchev–Trinajstić information content (AvgIpc) is 2.21. The molecule has 0 atom stereocenters. The molecule has 0 radical (unpaired) electrons. The second-order valence-corrected chi connectivity index (χ2v) is 4.06. The molecule has 14 heavy (non-hydrogen) atoms. The normalized spacial score (nSPS) is 10.1. The number of benzene rings is 1. The maximum atomic E-state index is 5.42. The van der Waals surface area contributed by atoms with Gasteiger partial charge < -0.3 is 10.5 Å². The van der Waals surface area contributed by atoms with Crippen molar-refractivity contribution in [1.29, 1.82) is 0 Å². The van der Waals surface area contributed by atoms with Crippen molar-refractivity contribution in [1.82, 2.24) is 0 Å². The molecule has 0 aromatic heterocycles. The third kappa shape index (κ3) is 4.03. The summed E-state index contributed by atoms with van der Waals surface area (Å²) in [6, 6.07) is 8.20. The van der Waals surface area contributed by atoms with Crippen LogP contribution in [0, 0.1) is 0 Å². The van der Waals surface area contributed by atoms with Gasteiger partial charge in [-0.25, -0.2) is 0 Å². The third-order valence-corrected chi connectivity index (χ3v) is 2.85. The highest BCUT2D eigenvalue weighted by Crippen LogP contribution is 2.21. The van der Waals surface area contributed by atoms with Crippen molar-refractivity contribution in [3.05, 3.63) is 24.3 Å². The lowest BCUT2D eigenvalue weighted by molar-refractivity contribution is 0.340. The summed E-state index contributed by atoms with van der Waals surface area (Å²) in [5.41, 5.74) is 5.42. The summed E-state index contributed by atoms with van der Waals surface area (Å²) in [7, 11) is 0. The van der Waals surface area contributed by atoms with Gasteiger partial charge in [-0.2, -0.15) is 0 Å². The van der Waals surface area contributed by atoms with Crippen LogP contribution in [-0.4, -0.2) is 18.9 Å². The maximum absolute atomic E-state index is 5.42.